The van der Waals surface area contributed by atoms with Crippen LogP contribution in [0.15, 0.2) is 78.0 Å². The summed E-state index contributed by atoms with van der Waals surface area (Å²) >= 11 is 5.31. The number of aromatic nitrogens is 4. The molecule has 3 aromatic carbocycles. The van der Waals surface area contributed by atoms with Gasteiger partial charge in [0.15, 0.2) is 5.11 Å². The molecule has 192 valence electrons. The van der Waals surface area contributed by atoms with Crippen LogP contribution >= 0.6 is 12.2 Å². The van der Waals surface area contributed by atoms with Crippen molar-refractivity contribution < 1.29 is 17.9 Å². The molecule has 0 radical (unpaired) electrons. The molecule has 2 N–H and O–H groups in total. The number of benzene rings is 3. The minimum Gasteiger partial charge on any atom is -0.406 e. The number of nitrogens with zero attached hydrogens (tertiary/aromatic N) is 5. The van der Waals surface area contributed by atoms with E-state index in [-0.39, 0.29) is 5.75 Å². The van der Waals surface area contributed by atoms with Crippen LogP contribution < -0.4 is 15.5 Å². The summed E-state index contributed by atoms with van der Waals surface area (Å²) in [4.78, 5) is 4.30. The van der Waals surface area contributed by atoms with Gasteiger partial charge in [-0.15, -0.1) is 18.3 Å². The number of halogens is 3. The number of hydrogen-bond acceptors (Lipinski definition) is 6. The Morgan fingerprint density at radius 2 is 1.92 bits per heavy atom. The molecule has 0 saturated heterocycles. The van der Waals surface area contributed by atoms with Crippen LogP contribution in [0.25, 0.3) is 27.5 Å². The molecular weight excluding hydrogens is 515 g/mol. The molecule has 0 saturated carbocycles. The molecule has 2 heterocycles. The van der Waals surface area contributed by atoms with Crippen molar-refractivity contribution in [2.75, 3.05) is 5.32 Å². The van der Waals surface area contributed by atoms with Crippen molar-refractivity contribution >= 4 is 51.2 Å². The van der Waals surface area contributed by atoms with Gasteiger partial charge in [-0.05, 0) is 77.6 Å². The quantitative estimate of drug-likeness (QED) is 0.163. The highest BCUT2D eigenvalue weighted by Gasteiger charge is 2.31. The molecule has 0 unspecified atom stereocenters. The van der Waals surface area contributed by atoms with Crippen molar-refractivity contribution in [2.45, 2.75) is 19.7 Å². The molecule has 0 fully saturated rings. The second-order valence-electron chi connectivity index (χ2n) is 8.15. The summed E-state index contributed by atoms with van der Waals surface area (Å²) in [5, 5.41) is 17.9. The Kier molecular flexibility index (Phi) is 6.88. The normalized spacial score (nSPS) is 11.8. The van der Waals surface area contributed by atoms with Crippen LogP contribution in [0.5, 0.6) is 5.75 Å². The van der Waals surface area contributed by atoms with Gasteiger partial charge in [0.1, 0.15) is 17.1 Å². The third kappa shape index (κ3) is 5.54. The van der Waals surface area contributed by atoms with E-state index in [0.717, 1.165) is 28.3 Å². The van der Waals surface area contributed by atoms with Crippen LogP contribution in [0.2, 0.25) is 0 Å². The van der Waals surface area contributed by atoms with Gasteiger partial charge in [0.2, 0.25) is 0 Å². The number of ether oxygens (including phenoxy) is 1. The first kappa shape index (κ1) is 25.1. The average molecular weight is 536 g/mol. The van der Waals surface area contributed by atoms with Gasteiger partial charge in [-0.3, -0.25) is 5.43 Å². The molecule has 0 spiro atoms. The number of anilines is 1. The number of alkyl halides is 3. The second-order valence-corrected chi connectivity index (χ2v) is 8.55. The van der Waals surface area contributed by atoms with E-state index < -0.39 is 6.36 Å². The summed E-state index contributed by atoms with van der Waals surface area (Å²) in [6.45, 7) is 2.04. The first-order valence-electron chi connectivity index (χ1n) is 11.5. The standard InChI is InChI=1S/C26H20F3N7OS/c1-2-17-4-3-13-30-24(17)32-25(38)34-31-15-16-5-11-21-18(14-16)6-12-22-23(21)33-35-36(22)19-7-9-20(10-8-19)37-26(27,28)29/h3-15H,2H2,1H3,(H2,30,32,34,38)/b31-15+. The van der Waals surface area contributed by atoms with Crippen molar-refractivity contribution in [2.24, 2.45) is 5.10 Å². The van der Waals surface area contributed by atoms with Gasteiger partial charge < -0.3 is 10.1 Å². The number of nitrogens with one attached hydrogen (secondary N) is 2. The van der Waals surface area contributed by atoms with E-state index in [9.17, 15) is 13.2 Å². The Bertz CT molecular complexity index is 1650. The first-order valence-corrected chi connectivity index (χ1v) is 11.9. The zero-order valence-electron chi connectivity index (χ0n) is 19.9. The van der Waals surface area contributed by atoms with E-state index in [0.29, 0.717) is 27.7 Å². The zero-order chi connectivity index (χ0) is 26.7. The van der Waals surface area contributed by atoms with Crippen LogP contribution in [0.3, 0.4) is 0 Å². The molecule has 8 nitrogen and oxygen atoms in total. The maximum absolute atomic E-state index is 12.4. The Hall–Kier alpha value is -4.58. The Morgan fingerprint density at radius 3 is 2.68 bits per heavy atom. The van der Waals surface area contributed by atoms with Crippen molar-refractivity contribution in [1.82, 2.24) is 25.4 Å². The number of pyridine rings is 1. The molecule has 5 aromatic rings. The molecule has 0 atom stereocenters. The fourth-order valence-electron chi connectivity index (χ4n) is 3.93. The topological polar surface area (TPSA) is 89.3 Å². The van der Waals surface area contributed by atoms with Crippen LogP contribution in [-0.2, 0) is 6.42 Å². The monoisotopic (exact) mass is 535 g/mol. The number of rotatable bonds is 6. The number of thiocarbonyl (C=S) groups is 1. The molecule has 12 heteroatoms. The van der Waals surface area contributed by atoms with E-state index >= 15 is 0 Å². The molecule has 0 aliphatic heterocycles. The van der Waals surface area contributed by atoms with Crippen LogP contribution in [-0.4, -0.2) is 37.7 Å². The highest BCUT2D eigenvalue weighted by atomic mass is 32.1. The highest BCUT2D eigenvalue weighted by Crippen LogP contribution is 2.28. The second kappa shape index (κ2) is 10.4. The third-order valence-corrected chi connectivity index (χ3v) is 5.85. The first-order chi connectivity index (χ1) is 18.3. The lowest BCUT2D eigenvalue weighted by Crippen LogP contribution is -2.25. The van der Waals surface area contributed by atoms with Crippen LogP contribution in [0.4, 0.5) is 19.0 Å². The smallest absolute Gasteiger partial charge is 0.406 e. The number of hydrazone groups is 1. The van der Waals surface area contributed by atoms with Crippen LogP contribution in [0, 0.1) is 0 Å². The minimum absolute atomic E-state index is 0.307. The van der Waals surface area contributed by atoms with Gasteiger partial charge in [-0.2, -0.15) is 5.10 Å². The molecule has 38 heavy (non-hydrogen) atoms. The average Bonchev–Trinajstić information content (AvgIpc) is 3.33. The summed E-state index contributed by atoms with van der Waals surface area (Å²) in [6.07, 6.45) is -0.579. The van der Waals surface area contributed by atoms with Gasteiger partial charge in [0.25, 0.3) is 0 Å². The Morgan fingerprint density at radius 1 is 1.11 bits per heavy atom. The molecule has 2 aromatic heterocycles. The minimum atomic E-state index is -4.75. The zero-order valence-corrected chi connectivity index (χ0v) is 20.7. The van der Waals surface area contributed by atoms with E-state index in [1.165, 1.54) is 24.3 Å². The van der Waals surface area contributed by atoms with E-state index in [1.54, 1.807) is 17.1 Å². The summed E-state index contributed by atoms with van der Waals surface area (Å²) in [7, 11) is 0. The summed E-state index contributed by atoms with van der Waals surface area (Å²) in [5.41, 5.74) is 6.61. The molecule has 0 amide bonds. The van der Waals surface area contributed by atoms with E-state index in [2.05, 4.69) is 35.9 Å². The lowest BCUT2D eigenvalue weighted by atomic mass is 10.1. The SMILES string of the molecule is CCc1cccnc1NC(=S)N/N=C/c1ccc2c(ccc3c2nnn3-c2ccc(OC(F)(F)F)cc2)c1. The molecule has 5 rings (SSSR count). The molecule has 0 aliphatic rings. The fourth-order valence-corrected chi connectivity index (χ4v) is 4.08. The number of hydrogen-bond donors (Lipinski definition) is 2. The van der Waals surface area contributed by atoms with Crippen LogP contribution in [0.1, 0.15) is 18.1 Å². The largest absolute Gasteiger partial charge is 0.573 e. The number of fused-ring (bicyclic) bond motifs is 3. The molecule has 0 aliphatic carbocycles. The van der Waals surface area contributed by atoms with Gasteiger partial charge in [0, 0.05) is 11.6 Å². The van der Waals surface area contributed by atoms with E-state index in [1.807, 2.05) is 49.4 Å². The molecule has 0 bridgehead atoms. The maximum Gasteiger partial charge on any atom is 0.573 e. The lowest BCUT2D eigenvalue weighted by Gasteiger charge is -2.09. The van der Waals surface area contributed by atoms with Crippen molar-refractivity contribution in [3.8, 4) is 11.4 Å². The summed E-state index contributed by atoms with van der Waals surface area (Å²) < 4.78 is 42.8. The molecular formula is C26H20F3N7OS. The van der Waals surface area contributed by atoms with Crippen molar-refractivity contribution in [3.63, 3.8) is 0 Å². The lowest BCUT2D eigenvalue weighted by molar-refractivity contribution is -0.274. The third-order valence-electron chi connectivity index (χ3n) is 5.66. The maximum atomic E-state index is 12.4. The summed E-state index contributed by atoms with van der Waals surface area (Å²) in [6, 6.07) is 18.8. The summed E-state index contributed by atoms with van der Waals surface area (Å²) in [5.74, 6) is 0.384. The Labute approximate surface area is 220 Å². The fraction of sp³-hybridized carbons (Fsp3) is 0.115. The van der Waals surface area contributed by atoms with Gasteiger partial charge in [-0.25, -0.2) is 9.67 Å². The highest BCUT2D eigenvalue weighted by molar-refractivity contribution is 7.80. The van der Waals surface area contributed by atoms with E-state index in [4.69, 9.17) is 12.2 Å². The predicted molar refractivity (Wildman–Crippen MR) is 144 cm³/mol. The number of aryl methyl sites for hydroxylation is 1. The van der Waals surface area contributed by atoms with Gasteiger partial charge in [0.05, 0.1) is 17.4 Å². The van der Waals surface area contributed by atoms with Crippen molar-refractivity contribution in [1.29, 1.82) is 0 Å². The van der Waals surface area contributed by atoms with Crippen molar-refractivity contribution in [3.05, 3.63) is 84.1 Å². The Balaban J connectivity index is 1.31. The predicted octanol–water partition coefficient (Wildman–Crippen LogP) is 5.75. The van der Waals surface area contributed by atoms with Gasteiger partial charge >= 0.3 is 6.36 Å². The van der Waals surface area contributed by atoms with Gasteiger partial charge in [-0.1, -0.05) is 36.4 Å².